The Hall–Kier alpha value is -2.24. The van der Waals surface area contributed by atoms with Gasteiger partial charge in [-0.2, -0.15) is 0 Å². The van der Waals surface area contributed by atoms with Crippen molar-refractivity contribution >= 4 is 57.5 Å². The molecular formula is C18H17ClN4S. The lowest BCUT2D eigenvalue weighted by Crippen LogP contribution is -1.95. The fourth-order valence-electron chi connectivity index (χ4n) is 2.83. The van der Waals surface area contributed by atoms with Gasteiger partial charge in [0.2, 0.25) is 0 Å². The number of aromatic nitrogens is 3. The minimum atomic E-state index is 0. The number of pyridine rings is 1. The zero-order valence-electron chi connectivity index (χ0n) is 13.3. The van der Waals surface area contributed by atoms with E-state index in [1.165, 1.54) is 4.90 Å². The number of nitrogens with one attached hydrogen (secondary N) is 2. The van der Waals surface area contributed by atoms with Crippen LogP contribution in [0.1, 0.15) is 5.69 Å². The molecule has 0 aliphatic carbocycles. The predicted molar refractivity (Wildman–Crippen MR) is 105 cm³/mol. The second kappa shape index (κ2) is 6.71. The van der Waals surface area contributed by atoms with Crippen molar-refractivity contribution in [1.29, 1.82) is 0 Å². The number of nitrogens with zero attached hydrogens (tertiary/aromatic N) is 2. The number of fused-ring (bicyclic) bond motifs is 3. The van der Waals surface area contributed by atoms with Crippen molar-refractivity contribution in [3.63, 3.8) is 0 Å². The molecule has 4 aromatic rings. The Morgan fingerprint density at radius 1 is 1.08 bits per heavy atom. The van der Waals surface area contributed by atoms with Crippen LogP contribution >= 0.6 is 24.2 Å². The van der Waals surface area contributed by atoms with Gasteiger partial charge in [-0.05, 0) is 49.6 Å². The lowest BCUT2D eigenvalue weighted by molar-refractivity contribution is 1.25. The maximum absolute atomic E-state index is 4.44. The molecule has 0 spiro atoms. The Labute approximate surface area is 150 Å². The van der Waals surface area contributed by atoms with E-state index in [0.29, 0.717) is 0 Å². The van der Waals surface area contributed by atoms with Crippen molar-refractivity contribution in [2.45, 2.75) is 11.8 Å². The Kier molecular flexibility index (Phi) is 4.64. The van der Waals surface area contributed by atoms with Crippen molar-refractivity contribution in [1.82, 2.24) is 15.0 Å². The summed E-state index contributed by atoms with van der Waals surface area (Å²) in [6.07, 6.45) is 3.70. The highest BCUT2D eigenvalue weighted by Crippen LogP contribution is 2.32. The van der Waals surface area contributed by atoms with Crippen LogP contribution in [0.25, 0.3) is 21.9 Å². The monoisotopic (exact) mass is 356 g/mol. The Morgan fingerprint density at radius 2 is 1.96 bits per heavy atom. The molecule has 6 heteroatoms. The molecule has 2 heterocycles. The highest BCUT2D eigenvalue weighted by molar-refractivity contribution is 7.98. The third-order valence-electron chi connectivity index (χ3n) is 3.85. The van der Waals surface area contributed by atoms with Gasteiger partial charge in [-0.15, -0.1) is 24.2 Å². The summed E-state index contributed by atoms with van der Waals surface area (Å²) in [5.41, 5.74) is 6.10. The van der Waals surface area contributed by atoms with E-state index in [1.807, 2.05) is 6.07 Å². The highest BCUT2D eigenvalue weighted by Gasteiger charge is 2.10. The predicted octanol–water partition coefficient (Wildman–Crippen LogP) is 5.31. The summed E-state index contributed by atoms with van der Waals surface area (Å²) in [7, 11) is 0. The van der Waals surface area contributed by atoms with E-state index >= 15 is 0 Å². The summed E-state index contributed by atoms with van der Waals surface area (Å²) in [6, 6.07) is 14.6. The smallest absolute Gasteiger partial charge is 0.116 e. The van der Waals surface area contributed by atoms with Crippen LogP contribution in [-0.4, -0.2) is 21.2 Å². The van der Waals surface area contributed by atoms with Crippen LogP contribution in [-0.2, 0) is 0 Å². The number of rotatable bonds is 3. The van der Waals surface area contributed by atoms with E-state index in [2.05, 4.69) is 69.8 Å². The summed E-state index contributed by atoms with van der Waals surface area (Å²) in [4.78, 5) is 13.4. The molecule has 0 atom stereocenters. The molecule has 122 valence electrons. The summed E-state index contributed by atoms with van der Waals surface area (Å²) in [5.74, 6) is 0. The van der Waals surface area contributed by atoms with E-state index in [9.17, 15) is 0 Å². The summed E-state index contributed by atoms with van der Waals surface area (Å²) >= 11 is 1.74. The maximum atomic E-state index is 4.44. The zero-order chi connectivity index (χ0) is 15.8. The van der Waals surface area contributed by atoms with Gasteiger partial charge in [-0.1, -0.05) is 6.07 Å². The first-order chi connectivity index (χ1) is 11.2. The van der Waals surface area contributed by atoms with Gasteiger partial charge in [-0.3, -0.25) is 0 Å². The largest absolute Gasteiger partial charge is 0.358 e. The van der Waals surface area contributed by atoms with Crippen molar-refractivity contribution in [3.8, 4) is 0 Å². The standard InChI is InChI=1S/C18H16N4S.ClH/c1-11-8-16(22-12-4-3-5-13(9-12)23-2)17-14(21-11)6-7-15-18(17)20-10-19-15;/h3-10,21-22H,1-2H3;1H. The second-order valence-electron chi connectivity index (χ2n) is 5.45. The fraction of sp³-hybridized carbons (Fsp3) is 0.111. The quantitative estimate of drug-likeness (QED) is 0.488. The van der Waals surface area contributed by atoms with Crippen molar-refractivity contribution in [3.05, 3.63) is 54.5 Å². The number of hydrogen-bond acceptors (Lipinski definition) is 4. The molecule has 2 aromatic carbocycles. The Balaban J connectivity index is 0.00000169. The summed E-state index contributed by atoms with van der Waals surface area (Å²) in [6.45, 7) is 2.06. The number of halogens is 1. The van der Waals surface area contributed by atoms with Crippen LogP contribution in [0.3, 0.4) is 0 Å². The molecule has 0 saturated heterocycles. The van der Waals surface area contributed by atoms with Crippen molar-refractivity contribution in [2.75, 3.05) is 11.6 Å². The molecular weight excluding hydrogens is 340 g/mol. The SMILES string of the molecule is CSc1cccc(Nc2cc(C)[nH]c3ccc4ncnc4c23)c1.Cl. The van der Waals surface area contributed by atoms with E-state index in [1.54, 1.807) is 18.1 Å². The number of thioether (sulfide) groups is 1. The lowest BCUT2D eigenvalue weighted by atomic mass is 10.1. The Bertz CT molecular complexity index is 1010. The zero-order valence-corrected chi connectivity index (χ0v) is 15.0. The molecule has 0 unspecified atom stereocenters. The molecule has 0 amide bonds. The number of aryl methyl sites for hydroxylation is 1. The van der Waals surface area contributed by atoms with Gasteiger partial charge in [0.05, 0.1) is 11.2 Å². The number of aromatic amines is 1. The molecule has 4 nitrogen and oxygen atoms in total. The van der Waals surface area contributed by atoms with Crippen LogP contribution < -0.4 is 5.32 Å². The number of H-pyrrole nitrogens is 1. The molecule has 0 aliphatic rings. The van der Waals surface area contributed by atoms with Crippen LogP contribution in [0, 0.1) is 6.92 Å². The van der Waals surface area contributed by atoms with E-state index < -0.39 is 0 Å². The van der Waals surface area contributed by atoms with Gasteiger partial charge in [0.25, 0.3) is 0 Å². The molecule has 24 heavy (non-hydrogen) atoms. The minimum absolute atomic E-state index is 0. The lowest BCUT2D eigenvalue weighted by Gasteiger charge is -2.13. The first kappa shape index (κ1) is 16.6. The highest BCUT2D eigenvalue weighted by atomic mass is 35.5. The molecule has 4 rings (SSSR count). The van der Waals surface area contributed by atoms with Crippen LogP contribution in [0.4, 0.5) is 11.4 Å². The minimum Gasteiger partial charge on any atom is -0.358 e. The van der Waals surface area contributed by atoms with Crippen LogP contribution in [0.2, 0.25) is 0 Å². The average Bonchev–Trinajstić information content (AvgIpc) is 3.03. The molecule has 0 radical (unpaired) electrons. The second-order valence-corrected chi connectivity index (χ2v) is 6.33. The van der Waals surface area contributed by atoms with Gasteiger partial charge in [0, 0.05) is 27.2 Å². The number of benzene rings is 2. The van der Waals surface area contributed by atoms with E-state index in [-0.39, 0.29) is 12.4 Å². The van der Waals surface area contributed by atoms with Gasteiger partial charge in [0.1, 0.15) is 11.8 Å². The molecule has 0 fully saturated rings. The summed E-state index contributed by atoms with van der Waals surface area (Å²) in [5, 5.41) is 4.61. The number of anilines is 2. The molecule has 0 saturated carbocycles. The van der Waals surface area contributed by atoms with Gasteiger partial charge in [-0.25, -0.2) is 9.97 Å². The topological polar surface area (TPSA) is 53.6 Å². The van der Waals surface area contributed by atoms with E-state index in [4.69, 9.17) is 0 Å². The fourth-order valence-corrected chi connectivity index (χ4v) is 3.29. The van der Waals surface area contributed by atoms with Crippen molar-refractivity contribution in [2.24, 2.45) is 0 Å². The van der Waals surface area contributed by atoms with Crippen LogP contribution in [0.5, 0.6) is 0 Å². The Morgan fingerprint density at radius 3 is 2.79 bits per heavy atom. The van der Waals surface area contributed by atoms with Crippen LogP contribution in [0.15, 0.2) is 53.7 Å². The third-order valence-corrected chi connectivity index (χ3v) is 4.58. The van der Waals surface area contributed by atoms with E-state index in [0.717, 1.165) is 39.0 Å². The average molecular weight is 357 g/mol. The molecule has 2 N–H and O–H groups in total. The normalized spacial score (nSPS) is 10.8. The maximum Gasteiger partial charge on any atom is 0.116 e. The van der Waals surface area contributed by atoms with Gasteiger partial charge < -0.3 is 10.3 Å². The van der Waals surface area contributed by atoms with Gasteiger partial charge in [0.15, 0.2) is 0 Å². The first-order valence-corrected chi connectivity index (χ1v) is 8.61. The molecule has 2 aromatic heterocycles. The molecule has 0 aliphatic heterocycles. The van der Waals surface area contributed by atoms with Crippen molar-refractivity contribution < 1.29 is 0 Å². The number of imidazole rings is 1. The van der Waals surface area contributed by atoms with Gasteiger partial charge >= 0.3 is 0 Å². The number of hydrogen-bond donors (Lipinski definition) is 2. The molecule has 0 bridgehead atoms. The first-order valence-electron chi connectivity index (χ1n) is 7.39. The third kappa shape index (κ3) is 2.92. The summed E-state index contributed by atoms with van der Waals surface area (Å²) < 4.78 is 0.